The van der Waals surface area contributed by atoms with Crippen molar-refractivity contribution in [2.24, 2.45) is 0 Å². The molecule has 0 unspecified atom stereocenters. The fourth-order valence-electron chi connectivity index (χ4n) is 2.93. The van der Waals surface area contributed by atoms with E-state index in [1.165, 1.54) is 0 Å². The van der Waals surface area contributed by atoms with Crippen molar-refractivity contribution in [3.05, 3.63) is 42.9 Å². The largest absolute Gasteiger partial charge is 0.444 e. The van der Waals surface area contributed by atoms with E-state index < -0.39 is 5.60 Å². The van der Waals surface area contributed by atoms with Gasteiger partial charge in [0.15, 0.2) is 0 Å². The average molecular weight is 370 g/mol. The molecule has 144 valence electrons. The first kappa shape index (κ1) is 18.9. The molecule has 0 spiro atoms. The second-order valence-corrected chi connectivity index (χ2v) is 7.65. The molecule has 2 heterocycles. The molecule has 1 aliphatic rings. The van der Waals surface area contributed by atoms with Crippen molar-refractivity contribution in [3.63, 3.8) is 0 Å². The number of aromatic nitrogens is 2. The molecule has 0 N–H and O–H groups in total. The number of ether oxygens (including phenoxy) is 1. The number of rotatable bonds is 3. The molecule has 27 heavy (non-hydrogen) atoms. The lowest BCUT2D eigenvalue weighted by molar-refractivity contribution is -0.133. The fourth-order valence-corrected chi connectivity index (χ4v) is 2.93. The maximum atomic E-state index is 12.6. The maximum absolute atomic E-state index is 12.6. The van der Waals surface area contributed by atoms with Crippen molar-refractivity contribution in [2.45, 2.75) is 32.9 Å². The van der Waals surface area contributed by atoms with E-state index in [4.69, 9.17) is 4.74 Å². The van der Waals surface area contributed by atoms with Crippen molar-refractivity contribution in [3.8, 4) is 11.3 Å². The molecule has 1 aliphatic heterocycles. The van der Waals surface area contributed by atoms with Gasteiger partial charge in [0.1, 0.15) is 12.1 Å². The Kier molecular flexibility index (Phi) is 5.48. The van der Waals surface area contributed by atoms with Crippen LogP contribution in [-0.4, -0.2) is 63.1 Å². The Bertz CT molecular complexity index is 787. The molecule has 1 fully saturated rings. The Balaban J connectivity index is 1.52. The van der Waals surface area contributed by atoms with Gasteiger partial charge in [-0.1, -0.05) is 30.3 Å². The molecule has 1 saturated heterocycles. The molecule has 0 bridgehead atoms. The van der Waals surface area contributed by atoms with Crippen LogP contribution in [0.4, 0.5) is 4.79 Å². The van der Waals surface area contributed by atoms with Gasteiger partial charge in [0.05, 0.1) is 12.0 Å². The lowest BCUT2D eigenvalue weighted by Gasteiger charge is -2.35. The first-order valence-electron chi connectivity index (χ1n) is 9.15. The molecule has 0 saturated carbocycles. The molecule has 1 aromatic heterocycles. The van der Waals surface area contributed by atoms with Gasteiger partial charge in [-0.3, -0.25) is 4.79 Å². The van der Waals surface area contributed by atoms with Crippen molar-refractivity contribution < 1.29 is 14.3 Å². The van der Waals surface area contributed by atoms with Crippen LogP contribution in [0.15, 0.2) is 42.9 Å². The maximum Gasteiger partial charge on any atom is 0.410 e. The van der Waals surface area contributed by atoms with Gasteiger partial charge in [0.2, 0.25) is 5.91 Å². The third-order valence-corrected chi connectivity index (χ3v) is 4.30. The predicted octanol–water partition coefficient (Wildman–Crippen LogP) is 2.63. The van der Waals surface area contributed by atoms with E-state index in [2.05, 4.69) is 4.98 Å². The quantitative estimate of drug-likeness (QED) is 0.833. The third-order valence-electron chi connectivity index (χ3n) is 4.30. The Hall–Kier alpha value is -2.83. The standard InChI is InChI=1S/C20H26N4O3/c1-20(2,3)27-19(26)24-11-9-23(10-12-24)18(25)14-22-13-17(21-15-22)16-7-5-4-6-8-16/h4-8,13,15H,9-12,14H2,1-3H3. The summed E-state index contributed by atoms with van der Waals surface area (Å²) in [6.07, 6.45) is 3.23. The summed E-state index contributed by atoms with van der Waals surface area (Å²) in [5, 5.41) is 0. The van der Waals surface area contributed by atoms with Crippen molar-refractivity contribution in [1.82, 2.24) is 19.4 Å². The SMILES string of the molecule is CC(C)(C)OC(=O)N1CCN(C(=O)Cn2cnc(-c3ccccc3)c2)CC1. The molecule has 2 aromatic rings. The first-order valence-corrected chi connectivity index (χ1v) is 9.15. The molecule has 7 heteroatoms. The van der Waals surface area contributed by atoms with E-state index in [0.717, 1.165) is 11.3 Å². The van der Waals surface area contributed by atoms with Crippen molar-refractivity contribution in [1.29, 1.82) is 0 Å². The van der Waals surface area contributed by atoms with E-state index in [0.29, 0.717) is 26.2 Å². The van der Waals surface area contributed by atoms with Crippen molar-refractivity contribution in [2.75, 3.05) is 26.2 Å². The van der Waals surface area contributed by atoms with Gasteiger partial charge in [-0.15, -0.1) is 0 Å². The number of amides is 2. The third kappa shape index (κ3) is 5.09. The monoisotopic (exact) mass is 370 g/mol. The van der Waals surface area contributed by atoms with E-state index in [1.807, 2.05) is 57.3 Å². The summed E-state index contributed by atoms with van der Waals surface area (Å²) in [4.78, 5) is 32.5. The Morgan fingerprint density at radius 1 is 1.04 bits per heavy atom. The number of imidazole rings is 1. The van der Waals surface area contributed by atoms with Gasteiger partial charge < -0.3 is 19.1 Å². The predicted molar refractivity (Wildman–Crippen MR) is 102 cm³/mol. The van der Waals surface area contributed by atoms with Crippen LogP contribution in [0.1, 0.15) is 20.8 Å². The molecule has 0 aliphatic carbocycles. The minimum atomic E-state index is -0.512. The number of hydrogen-bond acceptors (Lipinski definition) is 4. The summed E-state index contributed by atoms with van der Waals surface area (Å²) in [5.41, 5.74) is 1.36. The highest BCUT2D eigenvalue weighted by Gasteiger charge is 2.27. The number of hydrogen-bond donors (Lipinski definition) is 0. The zero-order chi connectivity index (χ0) is 19.4. The highest BCUT2D eigenvalue weighted by molar-refractivity contribution is 5.77. The Labute approximate surface area is 159 Å². The minimum Gasteiger partial charge on any atom is -0.444 e. The van der Waals surface area contributed by atoms with Gasteiger partial charge in [-0.05, 0) is 20.8 Å². The van der Waals surface area contributed by atoms with Gasteiger partial charge >= 0.3 is 6.09 Å². The van der Waals surface area contributed by atoms with Gasteiger partial charge in [-0.2, -0.15) is 0 Å². The van der Waals surface area contributed by atoms with Gasteiger partial charge in [0, 0.05) is 37.9 Å². The summed E-state index contributed by atoms with van der Waals surface area (Å²) >= 11 is 0. The number of piperazine rings is 1. The summed E-state index contributed by atoms with van der Waals surface area (Å²) in [6.45, 7) is 7.78. The van der Waals surface area contributed by atoms with Crippen molar-refractivity contribution >= 4 is 12.0 Å². The second-order valence-electron chi connectivity index (χ2n) is 7.65. The lowest BCUT2D eigenvalue weighted by atomic mass is 10.2. The summed E-state index contributed by atoms with van der Waals surface area (Å²) in [6, 6.07) is 9.86. The highest BCUT2D eigenvalue weighted by Crippen LogP contribution is 2.16. The molecular weight excluding hydrogens is 344 g/mol. The smallest absolute Gasteiger partial charge is 0.410 e. The molecular formula is C20H26N4O3. The van der Waals surface area contributed by atoms with E-state index in [-0.39, 0.29) is 18.5 Å². The van der Waals surface area contributed by atoms with Crippen LogP contribution in [0.25, 0.3) is 11.3 Å². The molecule has 3 rings (SSSR count). The minimum absolute atomic E-state index is 0.0239. The zero-order valence-electron chi connectivity index (χ0n) is 16.1. The van der Waals surface area contributed by atoms with E-state index in [9.17, 15) is 9.59 Å². The Morgan fingerprint density at radius 2 is 1.67 bits per heavy atom. The second kappa shape index (κ2) is 7.82. The number of carbonyl (C=O) groups excluding carboxylic acids is 2. The van der Waals surface area contributed by atoms with Crippen LogP contribution in [0, 0.1) is 0 Å². The van der Waals surface area contributed by atoms with E-state index >= 15 is 0 Å². The summed E-state index contributed by atoms with van der Waals surface area (Å²) < 4.78 is 7.18. The van der Waals surface area contributed by atoms with Gasteiger partial charge in [0.25, 0.3) is 0 Å². The van der Waals surface area contributed by atoms with Crippen LogP contribution in [0.2, 0.25) is 0 Å². The number of benzene rings is 1. The fraction of sp³-hybridized carbons (Fsp3) is 0.450. The van der Waals surface area contributed by atoms with Crippen LogP contribution in [0.5, 0.6) is 0 Å². The van der Waals surface area contributed by atoms with Gasteiger partial charge in [-0.25, -0.2) is 9.78 Å². The molecule has 0 atom stereocenters. The Morgan fingerprint density at radius 3 is 2.30 bits per heavy atom. The number of nitrogens with zero attached hydrogens (tertiary/aromatic N) is 4. The number of carbonyl (C=O) groups is 2. The summed E-state index contributed by atoms with van der Waals surface area (Å²) in [7, 11) is 0. The first-order chi connectivity index (χ1) is 12.8. The summed E-state index contributed by atoms with van der Waals surface area (Å²) in [5.74, 6) is 0.0239. The average Bonchev–Trinajstić information content (AvgIpc) is 3.09. The topological polar surface area (TPSA) is 67.7 Å². The molecule has 1 aromatic carbocycles. The lowest BCUT2D eigenvalue weighted by Crippen LogP contribution is -2.52. The molecule has 0 radical (unpaired) electrons. The molecule has 7 nitrogen and oxygen atoms in total. The van der Waals surface area contributed by atoms with Crippen LogP contribution >= 0.6 is 0 Å². The zero-order valence-corrected chi connectivity index (χ0v) is 16.1. The molecule has 2 amide bonds. The highest BCUT2D eigenvalue weighted by atomic mass is 16.6. The van der Waals surface area contributed by atoms with E-state index in [1.54, 1.807) is 20.7 Å². The van der Waals surface area contributed by atoms with Crippen LogP contribution in [-0.2, 0) is 16.1 Å². The van der Waals surface area contributed by atoms with Crippen LogP contribution in [0.3, 0.4) is 0 Å². The normalized spacial score (nSPS) is 14.9. The van der Waals surface area contributed by atoms with Crippen LogP contribution < -0.4 is 0 Å².